The number of carbonyl (C=O) groups excluding carboxylic acids is 2. The van der Waals surface area contributed by atoms with Crippen LogP contribution in [0.1, 0.15) is 35.2 Å². The summed E-state index contributed by atoms with van der Waals surface area (Å²) >= 11 is 5.90. The molecule has 13 heteroatoms. The minimum atomic E-state index is -4.17. The number of amides is 2. The van der Waals surface area contributed by atoms with E-state index in [0.29, 0.717) is 16.7 Å². The van der Waals surface area contributed by atoms with Crippen molar-refractivity contribution in [1.29, 1.82) is 0 Å². The Kier molecular flexibility index (Phi) is 7.76. The minimum Gasteiger partial charge on any atom is -0.349 e. The topological polar surface area (TPSA) is 110 Å². The highest BCUT2D eigenvalue weighted by atomic mass is 35.5. The number of rotatable bonds is 4. The zero-order chi connectivity index (χ0) is 24.8. The lowest BCUT2D eigenvalue weighted by atomic mass is 10.1. The number of sulfone groups is 1. The number of benzene rings is 2. The zero-order valence-corrected chi connectivity index (χ0v) is 20.5. The molecule has 3 N–H and O–H groups in total. The molecule has 0 bridgehead atoms. The molecule has 2 aromatic rings. The molecule has 7 nitrogen and oxygen atoms in total. The lowest BCUT2D eigenvalue weighted by Gasteiger charge is -2.25. The average molecular weight is 552 g/mol. The zero-order valence-electron chi connectivity index (χ0n) is 18.1. The Bertz CT molecular complexity index is 1260. The van der Waals surface area contributed by atoms with Crippen molar-refractivity contribution in [3.8, 4) is 0 Å². The molecule has 35 heavy (non-hydrogen) atoms. The quantitative estimate of drug-likeness (QED) is 0.604. The summed E-state index contributed by atoms with van der Waals surface area (Å²) in [5.74, 6) is -6.52. The first-order chi connectivity index (χ1) is 15.9. The molecule has 0 spiro atoms. The number of fused-ring (bicyclic) bond motifs is 1. The molecule has 2 amide bonds. The van der Waals surface area contributed by atoms with E-state index in [4.69, 9.17) is 17.3 Å². The SMILES string of the molecule is Cl.N[C@H]1CS(=O)(=O)c2cc(F)c(C(=O)NC3CCC(F)(F)C3)cc2N(Cc2ccc(Cl)cc2)C1=O. The number of anilines is 1. The monoisotopic (exact) mass is 551 g/mol. The molecule has 4 rings (SSSR count). The third kappa shape index (κ3) is 5.74. The Balaban J connectivity index is 0.00000342. The number of nitrogens with zero attached hydrogens (tertiary/aromatic N) is 1. The van der Waals surface area contributed by atoms with Crippen LogP contribution in [-0.4, -0.2) is 44.0 Å². The number of nitrogens with one attached hydrogen (secondary N) is 1. The fourth-order valence-corrected chi connectivity index (χ4v) is 5.86. The second-order valence-corrected chi connectivity index (χ2v) is 10.9. The van der Waals surface area contributed by atoms with E-state index in [1.807, 2.05) is 0 Å². The second-order valence-electron chi connectivity index (χ2n) is 8.51. The van der Waals surface area contributed by atoms with Crippen LogP contribution in [0.25, 0.3) is 0 Å². The Morgan fingerprint density at radius 2 is 1.89 bits per heavy atom. The van der Waals surface area contributed by atoms with E-state index >= 15 is 0 Å². The van der Waals surface area contributed by atoms with Gasteiger partial charge in [0.25, 0.3) is 5.91 Å². The molecule has 2 aliphatic rings. The average Bonchev–Trinajstić information content (AvgIpc) is 3.07. The van der Waals surface area contributed by atoms with Gasteiger partial charge >= 0.3 is 0 Å². The summed E-state index contributed by atoms with van der Waals surface area (Å²) in [6.07, 6.45) is -0.949. The molecule has 0 radical (unpaired) electrons. The smallest absolute Gasteiger partial charge is 0.254 e. The lowest BCUT2D eigenvalue weighted by molar-refractivity contribution is -0.119. The third-order valence-electron chi connectivity index (χ3n) is 5.89. The van der Waals surface area contributed by atoms with Crippen molar-refractivity contribution in [2.24, 2.45) is 5.73 Å². The molecule has 2 aromatic carbocycles. The van der Waals surface area contributed by atoms with Gasteiger partial charge in [-0.25, -0.2) is 21.6 Å². The molecule has 190 valence electrons. The van der Waals surface area contributed by atoms with E-state index in [2.05, 4.69) is 5.32 Å². The first-order valence-corrected chi connectivity index (χ1v) is 12.5. The minimum absolute atomic E-state index is 0. The summed E-state index contributed by atoms with van der Waals surface area (Å²) in [6.45, 7) is -0.117. The van der Waals surface area contributed by atoms with E-state index in [1.165, 1.54) is 0 Å². The standard InChI is InChI=1S/C22H21ClF3N3O4S.ClH/c23-13-3-1-12(2-4-13)10-29-18-7-15(20(30)28-14-5-6-22(25,26)9-14)16(24)8-19(18)34(32,33)11-17(27)21(29)31;/h1-4,7-8,14,17H,5-6,9-11,27H2,(H,28,30);1H/t14?,17-;/m0./s1. The van der Waals surface area contributed by atoms with Crippen LogP contribution in [0, 0.1) is 5.82 Å². The number of halogens is 5. The van der Waals surface area contributed by atoms with Crippen LogP contribution in [0.2, 0.25) is 5.02 Å². The summed E-state index contributed by atoms with van der Waals surface area (Å²) in [5.41, 5.74) is 5.64. The highest BCUT2D eigenvalue weighted by molar-refractivity contribution is 7.91. The summed E-state index contributed by atoms with van der Waals surface area (Å²) < 4.78 is 67.6. The van der Waals surface area contributed by atoms with Crippen molar-refractivity contribution in [1.82, 2.24) is 5.32 Å². The van der Waals surface area contributed by atoms with Crippen LogP contribution in [0.5, 0.6) is 0 Å². The van der Waals surface area contributed by atoms with Crippen LogP contribution in [0.15, 0.2) is 41.3 Å². The van der Waals surface area contributed by atoms with Gasteiger partial charge < -0.3 is 16.0 Å². The van der Waals surface area contributed by atoms with Crippen LogP contribution in [-0.2, 0) is 21.2 Å². The van der Waals surface area contributed by atoms with Gasteiger partial charge in [-0.15, -0.1) is 12.4 Å². The molecule has 1 aliphatic carbocycles. The number of hydrogen-bond donors (Lipinski definition) is 2. The lowest BCUT2D eigenvalue weighted by Crippen LogP contribution is -2.45. The number of nitrogens with two attached hydrogens (primary N) is 1. The van der Waals surface area contributed by atoms with Gasteiger partial charge in [0.05, 0.1) is 34.5 Å². The molecule has 2 atom stereocenters. The molecule has 1 fully saturated rings. The predicted octanol–water partition coefficient (Wildman–Crippen LogP) is 3.47. The van der Waals surface area contributed by atoms with E-state index in [-0.39, 0.29) is 31.1 Å². The molecule has 1 heterocycles. The van der Waals surface area contributed by atoms with Gasteiger partial charge in [0, 0.05) is 23.9 Å². The van der Waals surface area contributed by atoms with Gasteiger partial charge in [0.1, 0.15) is 5.82 Å². The van der Waals surface area contributed by atoms with Crippen LogP contribution >= 0.6 is 24.0 Å². The van der Waals surface area contributed by atoms with Crippen LogP contribution in [0.3, 0.4) is 0 Å². The van der Waals surface area contributed by atoms with Crippen molar-refractivity contribution in [3.05, 3.63) is 58.4 Å². The highest BCUT2D eigenvalue weighted by Crippen LogP contribution is 2.36. The predicted molar refractivity (Wildman–Crippen MR) is 126 cm³/mol. The molecule has 1 unspecified atom stereocenters. The van der Waals surface area contributed by atoms with Crippen LogP contribution in [0.4, 0.5) is 18.9 Å². The fraction of sp³-hybridized carbons (Fsp3) is 0.364. The van der Waals surface area contributed by atoms with E-state index < -0.39 is 74.5 Å². The van der Waals surface area contributed by atoms with Gasteiger partial charge in [-0.1, -0.05) is 23.7 Å². The van der Waals surface area contributed by atoms with E-state index in [9.17, 15) is 31.2 Å². The van der Waals surface area contributed by atoms with Crippen molar-refractivity contribution >= 4 is 51.3 Å². The molecular weight excluding hydrogens is 530 g/mol. The van der Waals surface area contributed by atoms with Gasteiger partial charge in [-0.3, -0.25) is 9.59 Å². The Morgan fingerprint density at radius 3 is 2.49 bits per heavy atom. The summed E-state index contributed by atoms with van der Waals surface area (Å²) in [7, 11) is -4.17. The van der Waals surface area contributed by atoms with Gasteiger partial charge in [0.2, 0.25) is 11.8 Å². The van der Waals surface area contributed by atoms with Crippen molar-refractivity contribution in [2.45, 2.75) is 48.7 Å². The third-order valence-corrected chi connectivity index (χ3v) is 7.94. The van der Waals surface area contributed by atoms with Gasteiger partial charge in [-0.05, 0) is 36.2 Å². The Hall–Kier alpha value is -2.34. The summed E-state index contributed by atoms with van der Waals surface area (Å²) in [4.78, 5) is 26.3. The largest absolute Gasteiger partial charge is 0.349 e. The normalized spacial score (nSPS) is 22.7. The first kappa shape index (κ1) is 27.3. The van der Waals surface area contributed by atoms with Crippen molar-refractivity contribution in [2.75, 3.05) is 10.7 Å². The fourth-order valence-electron chi connectivity index (χ4n) is 4.17. The van der Waals surface area contributed by atoms with Crippen molar-refractivity contribution < 1.29 is 31.2 Å². The van der Waals surface area contributed by atoms with E-state index in [1.54, 1.807) is 24.3 Å². The van der Waals surface area contributed by atoms with Gasteiger partial charge in [0.15, 0.2) is 9.84 Å². The molecule has 1 saturated carbocycles. The Labute approximate surface area is 211 Å². The second kappa shape index (κ2) is 9.96. The summed E-state index contributed by atoms with van der Waals surface area (Å²) in [5, 5.41) is 2.82. The number of hydrogen-bond acceptors (Lipinski definition) is 5. The van der Waals surface area contributed by atoms with E-state index in [0.717, 1.165) is 11.0 Å². The maximum Gasteiger partial charge on any atom is 0.254 e. The van der Waals surface area contributed by atoms with Crippen LogP contribution < -0.4 is 16.0 Å². The number of alkyl halides is 2. The van der Waals surface area contributed by atoms with Crippen molar-refractivity contribution in [3.63, 3.8) is 0 Å². The highest BCUT2D eigenvalue weighted by Gasteiger charge is 2.41. The number of carbonyl (C=O) groups is 2. The molecular formula is C22H22Cl2F3N3O4S. The summed E-state index contributed by atoms with van der Waals surface area (Å²) in [6, 6.07) is 5.76. The molecule has 0 aromatic heterocycles. The molecule has 0 saturated heterocycles. The maximum absolute atomic E-state index is 14.9. The Morgan fingerprint density at radius 1 is 1.23 bits per heavy atom. The molecule has 1 aliphatic heterocycles. The van der Waals surface area contributed by atoms with Gasteiger partial charge in [-0.2, -0.15) is 0 Å². The maximum atomic E-state index is 14.9. The first-order valence-electron chi connectivity index (χ1n) is 10.4.